The van der Waals surface area contributed by atoms with Crippen molar-refractivity contribution >= 4 is 5.69 Å². The predicted octanol–water partition coefficient (Wildman–Crippen LogP) is 2.41. The molecule has 0 N–H and O–H groups in total. The van der Waals surface area contributed by atoms with E-state index in [2.05, 4.69) is 51.2 Å². The van der Waals surface area contributed by atoms with E-state index >= 15 is 0 Å². The number of hydrogen-bond donors (Lipinski definition) is 0. The van der Waals surface area contributed by atoms with E-state index in [1.54, 1.807) is 7.11 Å². The fourth-order valence-electron chi connectivity index (χ4n) is 2.72. The molecule has 0 aliphatic carbocycles. The standard InChI is InChI=1S/C17H21N3O/c1-21-17-13-15(7-8-18-17)14-19-9-11-20(12-10-19)16-5-3-2-4-6-16/h2-8,13H,9-12,14H2,1H3. The van der Waals surface area contributed by atoms with Gasteiger partial charge in [0.15, 0.2) is 0 Å². The van der Waals surface area contributed by atoms with E-state index in [9.17, 15) is 0 Å². The first-order valence-electron chi connectivity index (χ1n) is 7.36. The van der Waals surface area contributed by atoms with Gasteiger partial charge in [-0.25, -0.2) is 4.98 Å². The van der Waals surface area contributed by atoms with Gasteiger partial charge in [-0.15, -0.1) is 0 Å². The maximum atomic E-state index is 5.18. The molecule has 1 aliphatic heterocycles. The molecule has 1 aromatic heterocycles. The lowest BCUT2D eigenvalue weighted by Gasteiger charge is -2.36. The van der Waals surface area contributed by atoms with Crippen molar-refractivity contribution in [1.29, 1.82) is 0 Å². The molecule has 1 saturated heterocycles. The summed E-state index contributed by atoms with van der Waals surface area (Å²) < 4.78 is 5.18. The highest BCUT2D eigenvalue weighted by atomic mass is 16.5. The van der Waals surface area contributed by atoms with E-state index in [4.69, 9.17) is 4.74 Å². The van der Waals surface area contributed by atoms with Gasteiger partial charge in [0.05, 0.1) is 7.11 Å². The van der Waals surface area contributed by atoms with Crippen LogP contribution >= 0.6 is 0 Å². The highest BCUT2D eigenvalue weighted by molar-refractivity contribution is 5.46. The van der Waals surface area contributed by atoms with Crippen LogP contribution < -0.4 is 9.64 Å². The van der Waals surface area contributed by atoms with E-state index in [1.807, 2.05) is 12.3 Å². The molecule has 2 aromatic rings. The number of pyridine rings is 1. The maximum Gasteiger partial charge on any atom is 0.213 e. The van der Waals surface area contributed by atoms with Crippen LogP contribution in [0.1, 0.15) is 5.56 Å². The Labute approximate surface area is 126 Å². The summed E-state index contributed by atoms with van der Waals surface area (Å²) in [5.41, 5.74) is 2.58. The summed E-state index contributed by atoms with van der Waals surface area (Å²) in [5, 5.41) is 0. The molecule has 0 amide bonds. The van der Waals surface area contributed by atoms with E-state index in [1.165, 1.54) is 11.3 Å². The minimum atomic E-state index is 0.690. The maximum absolute atomic E-state index is 5.18. The molecule has 110 valence electrons. The molecule has 0 spiro atoms. The molecule has 0 unspecified atom stereocenters. The Morgan fingerprint density at radius 1 is 1.05 bits per heavy atom. The number of hydrogen-bond acceptors (Lipinski definition) is 4. The summed E-state index contributed by atoms with van der Waals surface area (Å²) in [4.78, 5) is 9.08. The van der Waals surface area contributed by atoms with Gasteiger partial charge in [-0.2, -0.15) is 0 Å². The van der Waals surface area contributed by atoms with Crippen molar-refractivity contribution in [2.75, 3.05) is 38.2 Å². The number of nitrogens with zero attached hydrogens (tertiary/aromatic N) is 3. The molecule has 3 rings (SSSR count). The zero-order chi connectivity index (χ0) is 14.5. The van der Waals surface area contributed by atoms with Crippen LogP contribution in [0.25, 0.3) is 0 Å². The number of para-hydroxylation sites is 1. The summed E-state index contributed by atoms with van der Waals surface area (Å²) in [7, 11) is 1.66. The molecule has 1 aromatic carbocycles. The van der Waals surface area contributed by atoms with Gasteiger partial charge in [-0.3, -0.25) is 4.90 Å². The van der Waals surface area contributed by atoms with Gasteiger partial charge < -0.3 is 9.64 Å². The van der Waals surface area contributed by atoms with Crippen molar-refractivity contribution in [1.82, 2.24) is 9.88 Å². The summed E-state index contributed by atoms with van der Waals surface area (Å²) in [5.74, 6) is 0.690. The third-order valence-corrected chi connectivity index (χ3v) is 3.91. The van der Waals surface area contributed by atoms with E-state index in [0.29, 0.717) is 5.88 Å². The fraction of sp³-hybridized carbons (Fsp3) is 0.353. The van der Waals surface area contributed by atoms with Gasteiger partial charge >= 0.3 is 0 Å². The summed E-state index contributed by atoms with van der Waals surface area (Å²) in [6.07, 6.45) is 1.81. The summed E-state index contributed by atoms with van der Waals surface area (Å²) >= 11 is 0. The Bertz CT molecular complexity index is 565. The lowest BCUT2D eigenvalue weighted by atomic mass is 10.2. The van der Waals surface area contributed by atoms with Gasteiger partial charge in [-0.1, -0.05) is 18.2 Å². The van der Waals surface area contributed by atoms with Gasteiger partial charge in [0.25, 0.3) is 0 Å². The first-order valence-corrected chi connectivity index (χ1v) is 7.36. The Morgan fingerprint density at radius 2 is 1.81 bits per heavy atom. The van der Waals surface area contributed by atoms with Crippen LogP contribution in [0.4, 0.5) is 5.69 Å². The van der Waals surface area contributed by atoms with Crippen LogP contribution in [0, 0.1) is 0 Å². The molecule has 0 saturated carbocycles. The molecular weight excluding hydrogens is 262 g/mol. The molecular formula is C17H21N3O. The Hall–Kier alpha value is -2.07. The Balaban J connectivity index is 1.56. The number of anilines is 1. The molecule has 0 bridgehead atoms. The number of piperazine rings is 1. The molecule has 1 aliphatic rings. The third kappa shape index (κ3) is 3.52. The fourth-order valence-corrected chi connectivity index (χ4v) is 2.72. The van der Waals surface area contributed by atoms with Gasteiger partial charge in [-0.05, 0) is 23.8 Å². The van der Waals surface area contributed by atoms with E-state index < -0.39 is 0 Å². The van der Waals surface area contributed by atoms with Crippen LogP contribution in [0.2, 0.25) is 0 Å². The molecule has 21 heavy (non-hydrogen) atoms. The second kappa shape index (κ2) is 6.59. The highest BCUT2D eigenvalue weighted by Crippen LogP contribution is 2.17. The van der Waals surface area contributed by atoms with Crippen LogP contribution in [0.3, 0.4) is 0 Å². The average molecular weight is 283 g/mol. The number of benzene rings is 1. The molecule has 0 radical (unpaired) electrons. The minimum absolute atomic E-state index is 0.690. The Kier molecular flexibility index (Phi) is 4.36. The zero-order valence-corrected chi connectivity index (χ0v) is 12.4. The third-order valence-electron chi connectivity index (χ3n) is 3.91. The van der Waals surface area contributed by atoms with Crippen LogP contribution in [0.5, 0.6) is 5.88 Å². The molecule has 1 fully saturated rings. The average Bonchev–Trinajstić information content (AvgIpc) is 2.56. The lowest BCUT2D eigenvalue weighted by Crippen LogP contribution is -2.45. The van der Waals surface area contributed by atoms with Crippen LogP contribution in [-0.4, -0.2) is 43.2 Å². The van der Waals surface area contributed by atoms with Crippen LogP contribution in [0.15, 0.2) is 48.7 Å². The van der Waals surface area contributed by atoms with Gasteiger partial charge in [0.1, 0.15) is 0 Å². The van der Waals surface area contributed by atoms with Crippen LogP contribution in [-0.2, 0) is 6.54 Å². The van der Waals surface area contributed by atoms with E-state index in [-0.39, 0.29) is 0 Å². The first kappa shape index (κ1) is 13.9. The number of methoxy groups -OCH3 is 1. The van der Waals surface area contributed by atoms with Gasteiger partial charge in [0, 0.05) is 50.7 Å². The largest absolute Gasteiger partial charge is 0.481 e. The van der Waals surface area contributed by atoms with Crippen molar-refractivity contribution in [2.24, 2.45) is 0 Å². The van der Waals surface area contributed by atoms with Crippen molar-refractivity contribution in [3.05, 3.63) is 54.2 Å². The molecule has 2 heterocycles. The molecule has 4 nitrogen and oxygen atoms in total. The van der Waals surface area contributed by atoms with Gasteiger partial charge in [0.2, 0.25) is 5.88 Å². The minimum Gasteiger partial charge on any atom is -0.481 e. The highest BCUT2D eigenvalue weighted by Gasteiger charge is 2.17. The normalized spacial score (nSPS) is 16.0. The SMILES string of the molecule is COc1cc(CN2CCN(c3ccccc3)CC2)ccn1. The van der Waals surface area contributed by atoms with Crippen molar-refractivity contribution in [3.63, 3.8) is 0 Å². The first-order chi connectivity index (χ1) is 10.3. The van der Waals surface area contributed by atoms with Crippen molar-refractivity contribution < 1.29 is 4.74 Å². The second-order valence-corrected chi connectivity index (χ2v) is 5.31. The monoisotopic (exact) mass is 283 g/mol. The van der Waals surface area contributed by atoms with Crippen molar-refractivity contribution in [3.8, 4) is 5.88 Å². The number of rotatable bonds is 4. The zero-order valence-electron chi connectivity index (χ0n) is 12.4. The number of ether oxygens (including phenoxy) is 1. The van der Waals surface area contributed by atoms with E-state index in [0.717, 1.165) is 32.7 Å². The van der Waals surface area contributed by atoms with Crippen molar-refractivity contribution in [2.45, 2.75) is 6.54 Å². The Morgan fingerprint density at radius 3 is 2.52 bits per heavy atom. The summed E-state index contributed by atoms with van der Waals surface area (Å²) in [6, 6.07) is 14.7. The second-order valence-electron chi connectivity index (χ2n) is 5.31. The summed E-state index contributed by atoms with van der Waals surface area (Å²) in [6.45, 7) is 5.28. The smallest absolute Gasteiger partial charge is 0.213 e. The quantitative estimate of drug-likeness (QED) is 0.861. The lowest BCUT2D eigenvalue weighted by molar-refractivity contribution is 0.249. The predicted molar refractivity (Wildman–Crippen MR) is 84.7 cm³/mol. The molecule has 0 atom stereocenters. The topological polar surface area (TPSA) is 28.6 Å². The molecule has 4 heteroatoms. The number of aromatic nitrogens is 1.